The summed E-state index contributed by atoms with van der Waals surface area (Å²) in [6.45, 7) is 6.10. The second kappa shape index (κ2) is 5.47. The van der Waals surface area contributed by atoms with E-state index in [-0.39, 0.29) is 18.5 Å². The van der Waals surface area contributed by atoms with E-state index in [1.54, 1.807) is 0 Å². The van der Waals surface area contributed by atoms with Crippen molar-refractivity contribution in [3.8, 4) is 0 Å². The quantitative estimate of drug-likeness (QED) is 0.842. The lowest BCUT2D eigenvalue weighted by Gasteiger charge is -2.25. The topological polar surface area (TPSA) is 27.7 Å². The molecule has 0 aromatic heterocycles. The average molecular weight is 276 g/mol. The summed E-state index contributed by atoms with van der Waals surface area (Å²) < 4.78 is 17.9. The molecule has 2 heterocycles. The van der Waals surface area contributed by atoms with Gasteiger partial charge in [0.25, 0.3) is 0 Å². The van der Waals surface area contributed by atoms with Crippen molar-refractivity contribution in [1.82, 2.24) is 0 Å². The van der Waals surface area contributed by atoms with Crippen LogP contribution in [0.15, 0.2) is 30.3 Å². The standard InChI is InChI=1S/C17H24O3/c1-4-14-13(11-10-12-8-6-5-7-9-12)15-16(18-14)20-17(2,3)19-15/h5-9,13-16H,4,10-11H2,1-3H3/t13?,14-,15+,16-/m1/s1. The molecule has 2 aliphatic heterocycles. The maximum atomic E-state index is 6.06. The van der Waals surface area contributed by atoms with E-state index in [9.17, 15) is 0 Å². The highest BCUT2D eigenvalue weighted by molar-refractivity contribution is 5.15. The molecule has 3 nitrogen and oxygen atoms in total. The predicted octanol–water partition coefficient (Wildman–Crippen LogP) is 3.52. The number of hydrogen-bond donors (Lipinski definition) is 0. The van der Waals surface area contributed by atoms with Crippen LogP contribution in [0.3, 0.4) is 0 Å². The van der Waals surface area contributed by atoms with Gasteiger partial charge in [-0.1, -0.05) is 37.3 Å². The van der Waals surface area contributed by atoms with Crippen LogP contribution < -0.4 is 0 Å². The van der Waals surface area contributed by atoms with E-state index in [1.807, 2.05) is 13.8 Å². The van der Waals surface area contributed by atoms with E-state index in [2.05, 4.69) is 37.3 Å². The van der Waals surface area contributed by atoms with Crippen LogP contribution in [-0.2, 0) is 20.6 Å². The Kier molecular flexibility index (Phi) is 3.85. The number of benzene rings is 1. The molecule has 2 fully saturated rings. The van der Waals surface area contributed by atoms with E-state index in [4.69, 9.17) is 14.2 Å². The normalized spacial score (nSPS) is 35.1. The van der Waals surface area contributed by atoms with Crippen molar-refractivity contribution in [2.24, 2.45) is 5.92 Å². The van der Waals surface area contributed by atoms with Gasteiger partial charge in [0, 0.05) is 5.92 Å². The first kappa shape index (κ1) is 14.1. The van der Waals surface area contributed by atoms with Crippen molar-refractivity contribution in [2.45, 2.75) is 64.3 Å². The van der Waals surface area contributed by atoms with Gasteiger partial charge in [-0.15, -0.1) is 0 Å². The SMILES string of the molecule is CC[C@H]1O[C@@H]2OC(C)(C)O[C@H]2C1CCc1ccccc1. The highest BCUT2D eigenvalue weighted by atomic mass is 16.8. The Hall–Kier alpha value is -0.900. The molecule has 0 amide bonds. The monoisotopic (exact) mass is 276 g/mol. The smallest absolute Gasteiger partial charge is 0.187 e. The largest absolute Gasteiger partial charge is 0.346 e. The summed E-state index contributed by atoms with van der Waals surface area (Å²) in [4.78, 5) is 0. The van der Waals surface area contributed by atoms with Gasteiger partial charge in [0.05, 0.1) is 6.10 Å². The Morgan fingerprint density at radius 3 is 2.55 bits per heavy atom. The number of hydrogen-bond acceptors (Lipinski definition) is 3. The fraction of sp³-hybridized carbons (Fsp3) is 0.647. The molecule has 4 atom stereocenters. The third-order valence-electron chi connectivity index (χ3n) is 4.31. The van der Waals surface area contributed by atoms with Gasteiger partial charge in [0.15, 0.2) is 12.1 Å². The molecule has 3 rings (SSSR count). The first-order chi connectivity index (χ1) is 9.59. The lowest BCUT2D eigenvalue weighted by atomic mass is 9.90. The third kappa shape index (κ3) is 2.76. The van der Waals surface area contributed by atoms with Gasteiger partial charge in [-0.2, -0.15) is 0 Å². The fourth-order valence-electron chi connectivity index (χ4n) is 3.36. The Morgan fingerprint density at radius 2 is 1.85 bits per heavy atom. The van der Waals surface area contributed by atoms with Crippen LogP contribution in [0, 0.1) is 5.92 Å². The van der Waals surface area contributed by atoms with Crippen molar-refractivity contribution in [3.05, 3.63) is 35.9 Å². The summed E-state index contributed by atoms with van der Waals surface area (Å²) in [7, 11) is 0. The first-order valence-electron chi connectivity index (χ1n) is 7.64. The predicted molar refractivity (Wildman–Crippen MR) is 77.2 cm³/mol. The van der Waals surface area contributed by atoms with Crippen LogP contribution in [0.4, 0.5) is 0 Å². The third-order valence-corrected chi connectivity index (χ3v) is 4.31. The van der Waals surface area contributed by atoms with Crippen molar-refractivity contribution < 1.29 is 14.2 Å². The van der Waals surface area contributed by atoms with E-state index in [1.165, 1.54) is 5.56 Å². The minimum atomic E-state index is -0.515. The van der Waals surface area contributed by atoms with Gasteiger partial charge in [-0.3, -0.25) is 0 Å². The molecule has 0 saturated carbocycles. The molecule has 2 saturated heterocycles. The molecule has 1 aromatic carbocycles. The Bertz CT molecular complexity index is 443. The summed E-state index contributed by atoms with van der Waals surface area (Å²) >= 11 is 0. The summed E-state index contributed by atoms with van der Waals surface area (Å²) in [5, 5.41) is 0. The Morgan fingerprint density at radius 1 is 1.10 bits per heavy atom. The first-order valence-corrected chi connectivity index (χ1v) is 7.64. The van der Waals surface area contributed by atoms with E-state index >= 15 is 0 Å². The van der Waals surface area contributed by atoms with E-state index < -0.39 is 5.79 Å². The highest BCUT2D eigenvalue weighted by Gasteiger charge is 2.53. The van der Waals surface area contributed by atoms with Crippen molar-refractivity contribution in [3.63, 3.8) is 0 Å². The fourth-order valence-corrected chi connectivity index (χ4v) is 3.36. The van der Waals surface area contributed by atoms with Gasteiger partial charge >= 0.3 is 0 Å². The molecule has 0 bridgehead atoms. The number of rotatable bonds is 4. The van der Waals surface area contributed by atoms with Gasteiger partial charge in [-0.05, 0) is 38.7 Å². The van der Waals surface area contributed by atoms with Crippen LogP contribution in [-0.4, -0.2) is 24.3 Å². The number of ether oxygens (including phenoxy) is 3. The minimum absolute atomic E-state index is 0.0821. The molecule has 2 aliphatic rings. The number of aryl methyl sites for hydroxylation is 1. The molecule has 0 aliphatic carbocycles. The lowest BCUT2D eigenvalue weighted by molar-refractivity contribution is -0.210. The highest BCUT2D eigenvalue weighted by Crippen LogP contribution is 2.43. The van der Waals surface area contributed by atoms with Crippen LogP contribution >= 0.6 is 0 Å². The maximum Gasteiger partial charge on any atom is 0.187 e. The minimum Gasteiger partial charge on any atom is -0.346 e. The molecule has 3 heteroatoms. The second-order valence-corrected chi connectivity index (χ2v) is 6.24. The summed E-state index contributed by atoms with van der Waals surface area (Å²) in [6.07, 6.45) is 3.32. The van der Waals surface area contributed by atoms with Crippen molar-refractivity contribution in [2.75, 3.05) is 0 Å². The summed E-state index contributed by atoms with van der Waals surface area (Å²) in [6, 6.07) is 10.6. The van der Waals surface area contributed by atoms with Gasteiger partial charge in [0.2, 0.25) is 0 Å². The molecule has 110 valence electrons. The Balaban J connectivity index is 1.67. The second-order valence-electron chi connectivity index (χ2n) is 6.24. The lowest BCUT2D eigenvalue weighted by Crippen LogP contribution is -2.30. The molecule has 1 aromatic rings. The molecule has 1 unspecified atom stereocenters. The molecule has 0 N–H and O–H groups in total. The van der Waals surface area contributed by atoms with Gasteiger partial charge in [0.1, 0.15) is 6.10 Å². The van der Waals surface area contributed by atoms with Crippen LogP contribution in [0.5, 0.6) is 0 Å². The van der Waals surface area contributed by atoms with E-state index in [0.717, 1.165) is 19.3 Å². The van der Waals surface area contributed by atoms with Crippen LogP contribution in [0.25, 0.3) is 0 Å². The van der Waals surface area contributed by atoms with Crippen LogP contribution in [0.2, 0.25) is 0 Å². The van der Waals surface area contributed by atoms with Crippen molar-refractivity contribution >= 4 is 0 Å². The maximum absolute atomic E-state index is 6.06. The molecule has 20 heavy (non-hydrogen) atoms. The van der Waals surface area contributed by atoms with Gasteiger partial charge in [-0.25, -0.2) is 0 Å². The molecule has 0 radical (unpaired) electrons. The zero-order valence-electron chi connectivity index (χ0n) is 12.5. The van der Waals surface area contributed by atoms with E-state index in [0.29, 0.717) is 5.92 Å². The van der Waals surface area contributed by atoms with Crippen LogP contribution in [0.1, 0.15) is 39.2 Å². The van der Waals surface area contributed by atoms with Crippen molar-refractivity contribution in [1.29, 1.82) is 0 Å². The zero-order valence-corrected chi connectivity index (χ0v) is 12.5. The molecule has 0 spiro atoms. The summed E-state index contributed by atoms with van der Waals surface area (Å²) in [5.41, 5.74) is 1.38. The van der Waals surface area contributed by atoms with Gasteiger partial charge < -0.3 is 14.2 Å². The number of fused-ring (bicyclic) bond motifs is 1. The average Bonchev–Trinajstić information content (AvgIpc) is 2.89. The summed E-state index contributed by atoms with van der Waals surface area (Å²) in [5.74, 6) is -0.0917. The molecular weight excluding hydrogens is 252 g/mol. The Labute approximate surface area is 121 Å². The molecular formula is C17H24O3. The zero-order chi connectivity index (χ0) is 14.2.